The van der Waals surface area contributed by atoms with Crippen molar-refractivity contribution in [2.75, 3.05) is 5.32 Å². The first kappa shape index (κ1) is 14.3. The minimum absolute atomic E-state index is 0.108. The molecule has 1 aromatic carbocycles. The molecular formula is C15H19N3O2. The van der Waals surface area contributed by atoms with Gasteiger partial charge in [0.1, 0.15) is 11.6 Å². The van der Waals surface area contributed by atoms with Gasteiger partial charge in [-0.1, -0.05) is 26.7 Å². The minimum Gasteiger partial charge on any atom is -0.382 e. The van der Waals surface area contributed by atoms with Crippen LogP contribution in [0.4, 0.5) is 11.4 Å². The summed E-state index contributed by atoms with van der Waals surface area (Å²) in [4.78, 5) is 10.3. The third-order valence-corrected chi connectivity index (χ3v) is 4.37. The number of hydrogen-bond acceptors (Lipinski definition) is 4. The molecule has 20 heavy (non-hydrogen) atoms. The lowest BCUT2D eigenvalue weighted by atomic mass is 9.78. The van der Waals surface area contributed by atoms with Crippen molar-refractivity contribution >= 4 is 11.4 Å². The number of hydrogen-bond donors (Lipinski definition) is 1. The molecule has 106 valence electrons. The Morgan fingerprint density at radius 1 is 1.40 bits per heavy atom. The van der Waals surface area contributed by atoms with E-state index in [2.05, 4.69) is 19.2 Å². The number of rotatable bonds is 3. The second-order valence-electron chi connectivity index (χ2n) is 5.62. The molecule has 5 nitrogen and oxygen atoms in total. The molecule has 3 unspecified atom stereocenters. The Kier molecular flexibility index (Phi) is 4.23. The molecule has 0 aromatic heterocycles. The Hall–Kier alpha value is -2.09. The second-order valence-corrected chi connectivity index (χ2v) is 5.62. The van der Waals surface area contributed by atoms with Crippen LogP contribution < -0.4 is 5.32 Å². The summed E-state index contributed by atoms with van der Waals surface area (Å²) >= 11 is 0. The molecule has 0 heterocycles. The maximum atomic E-state index is 10.8. The van der Waals surface area contributed by atoms with E-state index >= 15 is 0 Å². The molecule has 1 fully saturated rings. The Morgan fingerprint density at radius 2 is 2.15 bits per heavy atom. The van der Waals surface area contributed by atoms with Crippen molar-refractivity contribution in [1.29, 1.82) is 5.26 Å². The average molecular weight is 273 g/mol. The van der Waals surface area contributed by atoms with E-state index in [0.717, 1.165) is 12.1 Å². The lowest BCUT2D eigenvalue weighted by Crippen LogP contribution is -2.35. The molecule has 0 aliphatic heterocycles. The molecule has 2 rings (SSSR count). The molecule has 0 bridgehead atoms. The van der Waals surface area contributed by atoms with E-state index in [0.29, 0.717) is 17.9 Å². The van der Waals surface area contributed by atoms with Gasteiger partial charge in [-0.15, -0.1) is 0 Å². The summed E-state index contributed by atoms with van der Waals surface area (Å²) in [6.07, 6.45) is 3.55. The van der Waals surface area contributed by atoms with Crippen molar-refractivity contribution in [3.05, 3.63) is 33.9 Å². The lowest BCUT2D eigenvalue weighted by molar-refractivity contribution is -0.385. The molecule has 0 saturated heterocycles. The summed E-state index contributed by atoms with van der Waals surface area (Å²) in [5.74, 6) is 1.24. The van der Waals surface area contributed by atoms with Gasteiger partial charge in [0.25, 0.3) is 5.69 Å². The van der Waals surface area contributed by atoms with Crippen LogP contribution in [0.3, 0.4) is 0 Å². The van der Waals surface area contributed by atoms with E-state index in [1.54, 1.807) is 12.1 Å². The summed E-state index contributed by atoms with van der Waals surface area (Å²) in [6, 6.07) is 6.92. The highest BCUT2D eigenvalue weighted by molar-refractivity contribution is 5.59. The number of nitriles is 1. The van der Waals surface area contributed by atoms with Crippen molar-refractivity contribution < 1.29 is 4.92 Å². The quantitative estimate of drug-likeness (QED) is 0.672. The average Bonchev–Trinajstić information content (AvgIpc) is 2.43. The van der Waals surface area contributed by atoms with Gasteiger partial charge in [0.05, 0.1) is 4.92 Å². The van der Waals surface area contributed by atoms with Gasteiger partial charge < -0.3 is 5.32 Å². The third kappa shape index (κ3) is 2.90. The minimum atomic E-state index is -0.520. The third-order valence-electron chi connectivity index (χ3n) is 4.37. The summed E-state index contributed by atoms with van der Waals surface area (Å²) in [5.41, 5.74) is 0.762. The van der Waals surface area contributed by atoms with Gasteiger partial charge in [0.15, 0.2) is 0 Å². The summed E-state index contributed by atoms with van der Waals surface area (Å²) in [6.45, 7) is 4.49. The summed E-state index contributed by atoms with van der Waals surface area (Å²) in [7, 11) is 0. The molecule has 1 aliphatic carbocycles. The Bertz CT molecular complexity index is 551. The van der Waals surface area contributed by atoms with E-state index < -0.39 is 4.92 Å². The van der Waals surface area contributed by atoms with Crippen molar-refractivity contribution in [1.82, 2.24) is 0 Å². The van der Waals surface area contributed by atoms with Crippen molar-refractivity contribution in [2.24, 2.45) is 11.8 Å². The molecule has 0 amide bonds. The van der Waals surface area contributed by atoms with Crippen LogP contribution in [0.15, 0.2) is 18.2 Å². The fraction of sp³-hybridized carbons (Fsp3) is 0.533. The van der Waals surface area contributed by atoms with Crippen molar-refractivity contribution in [2.45, 2.75) is 39.2 Å². The first-order valence-electron chi connectivity index (χ1n) is 6.98. The second kappa shape index (κ2) is 5.91. The van der Waals surface area contributed by atoms with Crippen LogP contribution in [-0.4, -0.2) is 11.0 Å². The SMILES string of the molecule is CC1CCCC(Nc2ccc([N+](=O)[O-])c(C#N)c2)C1C. The standard InChI is InChI=1S/C15H19N3O2/c1-10-4-3-5-14(11(10)2)17-13-6-7-15(18(19)20)12(8-13)9-16/h6-8,10-11,14,17H,3-5H2,1-2H3. The number of nitrogens with zero attached hydrogens (tertiary/aromatic N) is 2. The van der Waals surface area contributed by atoms with Gasteiger partial charge in [0.2, 0.25) is 0 Å². The number of anilines is 1. The first-order chi connectivity index (χ1) is 9.52. The lowest BCUT2D eigenvalue weighted by Gasteiger charge is -2.35. The van der Waals surface area contributed by atoms with Crippen LogP contribution in [0.5, 0.6) is 0 Å². The monoisotopic (exact) mass is 273 g/mol. The van der Waals surface area contributed by atoms with Crippen LogP contribution in [0, 0.1) is 33.3 Å². The molecule has 1 aromatic rings. The Labute approximate surface area is 118 Å². The van der Waals surface area contributed by atoms with Gasteiger partial charge in [-0.3, -0.25) is 10.1 Å². The van der Waals surface area contributed by atoms with Crippen molar-refractivity contribution in [3.8, 4) is 6.07 Å². The van der Waals surface area contributed by atoms with Crippen LogP contribution >= 0.6 is 0 Å². The molecule has 1 saturated carbocycles. The predicted molar refractivity (Wildman–Crippen MR) is 77.4 cm³/mol. The predicted octanol–water partition coefficient (Wildman–Crippen LogP) is 3.70. The van der Waals surface area contributed by atoms with Gasteiger partial charge in [0, 0.05) is 17.8 Å². The Balaban J connectivity index is 2.18. The molecule has 3 atom stereocenters. The van der Waals surface area contributed by atoms with Crippen LogP contribution in [-0.2, 0) is 0 Å². The number of benzene rings is 1. The van der Waals surface area contributed by atoms with Gasteiger partial charge >= 0.3 is 0 Å². The topological polar surface area (TPSA) is 79.0 Å². The zero-order valence-electron chi connectivity index (χ0n) is 11.8. The fourth-order valence-corrected chi connectivity index (χ4v) is 2.87. The number of nitro benzene ring substituents is 1. The zero-order chi connectivity index (χ0) is 14.7. The van der Waals surface area contributed by atoms with E-state index in [1.165, 1.54) is 18.9 Å². The van der Waals surface area contributed by atoms with Gasteiger partial charge in [-0.25, -0.2) is 0 Å². The van der Waals surface area contributed by atoms with Crippen molar-refractivity contribution in [3.63, 3.8) is 0 Å². The smallest absolute Gasteiger partial charge is 0.287 e. The molecule has 1 N–H and O–H groups in total. The number of nitrogens with one attached hydrogen (secondary N) is 1. The highest BCUT2D eigenvalue weighted by atomic mass is 16.6. The molecule has 0 radical (unpaired) electrons. The first-order valence-corrected chi connectivity index (χ1v) is 6.98. The van der Waals surface area contributed by atoms with Crippen LogP contribution in [0.1, 0.15) is 38.7 Å². The highest BCUT2D eigenvalue weighted by Gasteiger charge is 2.27. The number of nitro groups is 1. The largest absolute Gasteiger partial charge is 0.382 e. The molecule has 5 heteroatoms. The van der Waals surface area contributed by atoms with Crippen LogP contribution in [0.25, 0.3) is 0 Å². The maximum absolute atomic E-state index is 10.8. The van der Waals surface area contributed by atoms with Gasteiger partial charge in [-0.2, -0.15) is 5.26 Å². The normalized spacial score (nSPS) is 25.8. The highest BCUT2D eigenvalue weighted by Crippen LogP contribution is 2.32. The van der Waals surface area contributed by atoms with Crippen LogP contribution in [0.2, 0.25) is 0 Å². The maximum Gasteiger partial charge on any atom is 0.287 e. The van der Waals surface area contributed by atoms with E-state index in [4.69, 9.17) is 5.26 Å². The molecule has 1 aliphatic rings. The summed E-state index contributed by atoms with van der Waals surface area (Å²) < 4.78 is 0. The summed E-state index contributed by atoms with van der Waals surface area (Å²) in [5, 5.41) is 23.2. The van der Waals surface area contributed by atoms with Gasteiger partial charge in [-0.05, 0) is 30.4 Å². The van der Waals surface area contributed by atoms with E-state index in [1.807, 2.05) is 6.07 Å². The molecule has 0 spiro atoms. The molecular weight excluding hydrogens is 254 g/mol. The van der Waals surface area contributed by atoms with E-state index in [9.17, 15) is 10.1 Å². The Morgan fingerprint density at radius 3 is 2.80 bits per heavy atom. The van der Waals surface area contributed by atoms with E-state index in [-0.39, 0.29) is 11.3 Å². The zero-order valence-corrected chi connectivity index (χ0v) is 11.8. The fourth-order valence-electron chi connectivity index (χ4n) is 2.87.